The number of esters is 1. The summed E-state index contributed by atoms with van der Waals surface area (Å²) in [6.07, 6.45) is 0.313. The third-order valence-electron chi connectivity index (χ3n) is 1.59. The van der Waals surface area contributed by atoms with Crippen molar-refractivity contribution in [3.05, 3.63) is 0 Å². The lowest BCUT2D eigenvalue weighted by molar-refractivity contribution is -0.154. The molecular formula is C11H22N2O4. The number of carbonyl (C=O) groups excluding carboxylic acids is 2. The first kappa shape index (κ1) is 15.9. The Hall–Kier alpha value is -1.14. The normalized spacial score (nSPS) is 11.2. The maximum atomic E-state index is 11.3. The molecular weight excluding hydrogens is 224 g/mol. The Morgan fingerprint density at radius 3 is 2.41 bits per heavy atom. The predicted molar refractivity (Wildman–Crippen MR) is 63.3 cm³/mol. The van der Waals surface area contributed by atoms with Crippen molar-refractivity contribution in [2.75, 3.05) is 26.3 Å². The summed E-state index contributed by atoms with van der Waals surface area (Å²) >= 11 is 0. The van der Waals surface area contributed by atoms with Gasteiger partial charge in [0.05, 0.1) is 13.0 Å². The SMILES string of the molecule is CC(C)(C)OC(=O)CCNCCOCC(N)=O. The molecule has 100 valence electrons. The van der Waals surface area contributed by atoms with Crippen LogP contribution in [-0.2, 0) is 19.1 Å². The molecule has 0 saturated carbocycles. The molecule has 6 heteroatoms. The van der Waals surface area contributed by atoms with Gasteiger partial charge in [0.15, 0.2) is 0 Å². The third-order valence-corrected chi connectivity index (χ3v) is 1.59. The van der Waals surface area contributed by atoms with Crippen molar-refractivity contribution in [2.45, 2.75) is 32.8 Å². The molecule has 0 bridgehead atoms. The average molecular weight is 246 g/mol. The Kier molecular flexibility index (Phi) is 7.49. The first-order valence-corrected chi connectivity index (χ1v) is 5.60. The Balaban J connectivity index is 3.34. The summed E-state index contributed by atoms with van der Waals surface area (Å²) < 4.78 is 10.1. The Labute approximate surface area is 102 Å². The van der Waals surface area contributed by atoms with E-state index in [4.69, 9.17) is 15.2 Å². The van der Waals surface area contributed by atoms with E-state index in [2.05, 4.69) is 5.32 Å². The van der Waals surface area contributed by atoms with Crippen LogP contribution in [0.15, 0.2) is 0 Å². The van der Waals surface area contributed by atoms with E-state index in [0.29, 0.717) is 26.1 Å². The van der Waals surface area contributed by atoms with E-state index >= 15 is 0 Å². The van der Waals surface area contributed by atoms with Gasteiger partial charge in [-0.3, -0.25) is 9.59 Å². The van der Waals surface area contributed by atoms with Crippen molar-refractivity contribution in [2.24, 2.45) is 5.73 Å². The molecule has 0 aromatic carbocycles. The summed E-state index contributed by atoms with van der Waals surface area (Å²) in [6.45, 7) is 6.89. The molecule has 0 radical (unpaired) electrons. The molecule has 1 amide bonds. The molecule has 0 aromatic rings. The van der Waals surface area contributed by atoms with Crippen LogP contribution >= 0.6 is 0 Å². The van der Waals surface area contributed by atoms with Gasteiger partial charge in [0.25, 0.3) is 0 Å². The molecule has 3 N–H and O–H groups in total. The van der Waals surface area contributed by atoms with E-state index in [1.165, 1.54) is 0 Å². The second kappa shape index (κ2) is 8.03. The summed E-state index contributed by atoms with van der Waals surface area (Å²) in [4.78, 5) is 21.6. The van der Waals surface area contributed by atoms with Crippen molar-refractivity contribution < 1.29 is 19.1 Å². The van der Waals surface area contributed by atoms with Crippen molar-refractivity contribution in [3.63, 3.8) is 0 Å². The Morgan fingerprint density at radius 1 is 1.24 bits per heavy atom. The highest BCUT2D eigenvalue weighted by Crippen LogP contribution is 2.07. The number of ether oxygens (including phenoxy) is 2. The monoisotopic (exact) mass is 246 g/mol. The number of hydrogen-bond donors (Lipinski definition) is 2. The fraction of sp³-hybridized carbons (Fsp3) is 0.818. The van der Waals surface area contributed by atoms with Gasteiger partial charge < -0.3 is 20.5 Å². The molecule has 0 rings (SSSR count). The van der Waals surface area contributed by atoms with Crippen LogP contribution in [0.1, 0.15) is 27.2 Å². The number of hydrogen-bond acceptors (Lipinski definition) is 5. The van der Waals surface area contributed by atoms with Gasteiger partial charge in [-0.05, 0) is 20.8 Å². The molecule has 0 aliphatic rings. The lowest BCUT2D eigenvalue weighted by Gasteiger charge is -2.19. The van der Waals surface area contributed by atoms with Crippen LogP contribution in [0.4, 0.5) is 0 Å². The average Bonchev–Trinajstić information content (AvgIpc) is 2.12. The van der Waals surface area contributed by atoms with Gasteiger partial charge in [-0.25, -0.2) is 0 Å². The van der Waals surface area contributed by atoms with Crippen molar-refractivity contribution in [1.29, 1.82) is 0 Å². The van der Waals surface area contributed by atoms with Gasteiger partial charge in [-0.1, -0.05) is 0 Å². The quantitative estimate of drug-likeness (QED) is 0.457. The zero-order valence-electron chi connectivity index (χ0n) is 10.7. The highest BCUT2D eigenvalue weighted by atomic mass is 16.6. The molecule has 0 atom stereocenters. The highest BCUT2D eigenvalue weighted by molar-refractivity contribution is 5.74. The molecule has 17 heavy (non-hydrogen) atoms. The molecule has 0 aliphatic heterocycles. The third kappa shape index (κ3) is 12.8. The molecule has 0 spiro atoms. The second-order valence-electron chi connectivity index (χ2n) is 4.61. The summed E-state index contributed by atoms with van der Waals surface area (Å²) in [7, 11) is 0. The summed E-state index contributed by atoms with van der Waals surface area (Å²) in [5, 5.41) is 3.00. The molecule has 0 unspecified atom stereocenters. The van der Waals surface area contributed by atoms with Crippen LogP contribution in [0, 0.1) is 0 Å². The van der Waals surface area contributed by atoms with Gasteiger partial charge in [0.1, 0.15) is 12.2 Å². The number of primary amides is 1. The van der Waals surface area contributed by atoms with E-state index in [1.54, 1.807) is 0 Å². The van der Waals surface area contributed by atoms with Crippen molar-refractivity contribution >= 4 is 11.9 Å². The highest BCUT2D eigenvalue weighted by Gasteiger charge is 2.15. The first-order chi connectivity index (χ1) is 7.81. The van der Waals surface area contributed by atoms with Crippen LogP contribution in [0.3, 0.4) is 0 Å². The van der Waals surface area contributed by atoms with Gasteiger partial charge >= 0.3 is 5.97 Å². The largest absolute Gasteiger partial charge is 0.460 e. The van der Waals surface area contributed by atoms with Crippen LogP contribution < -0.4 is 11.1 Å². The minimum Gasteiger partial charge on any atom is -0.460 e. The Bertz CT molecular complexity index is 248. The van der Waals surface area contributed by atoms with E-state index < -0.39 is 11.5 Å². The summed E-state index contributed by atoms with van der Waals surface area (Å²) in [5.41, 5.74) is 4.44. The summed E-state index contributed by atoms with van der Waals surface area (Å²) in [5.74, 6) is -0.721. The molecule has 0 aromatic heterocycles. The molecule has 6 nitrogen and oxygen atoms in total. The summed E-state index contributed by atoms with van der Waals surface area (Å²) in [6, 6.07) is 0. The van der Waals surface area contributed by atoms with E-state index in [9.17, 15) is 9.59 Å². The zero-order chi connectivity index (χ0) is 13.3. The maximum Gasteiger partial charge on any atom is 0.307 e. The van der Waals surface area contributed by atoms with E-state index in [1.807, 2.05) is 20.8 Å². The van der Waals surface area contributed by atoms with Crippen LogP contribution in [0.2, 0.25) is 0 Å². The van der Waals surface area contributed by atoms with Crippen molar-refractivity contribution in [1.82, 2.24) is 5.32 Å². The number of carbonyl (C=O) groups is 2. The predicted octanol–water partition coefficient (Wildman–Crippen LogP) is -0.190. The fourth-order valence-electron chi connectivity index (χ4n) is 1.03. The number of nitrogens with two attached hydrogens (primary N) is 1. The standard InChI is InChI=1S/C11H22N2O4/c1-11(2,3)17-10(15)4-5-13-6-7-16-8-9(12)14/h13H,4-8H2,1-3H3,(H2,12,14). The molecule has 0 aliphatic carbocycles. The fourth-order valence-corrected chi connectivity index (χ4v) is 1.03. The number of rotatable bonds is 8. The van der Waals surface area contributed by atoms with Gasteiger partial charge in [-0.15, -0.1) is 0 Å². The maximum absolute atomic E-state index is 11.3. The minimum absolute atomic E-state index is 0.0756. The van der Waals surface area contributed by atoms with E-state index in [-0.39, 0.29) is 12.6 Å². The van der Waals surface area contributed by atoms with E-state index in [0.717, 1.165) is 0 Å². The lowest BCUT2D eigenvalue weighted by Crippen LogP contribution is -2.28. The molecule has 0 fully saturated rings. The van der Waals surface area contributed by atoms with Gasteiger partial charge in [0, 0.05) is 13.1 Å². The van der Waals surface area contributed by atoms with Crippen molar-refractivity contribution in [3.8, 4) is 0 Å². The zero-order valence-corrected chi connectivity index (χ0v) is 10.7. The second-order valence-corrected chi connectivity index (χ2v) is 4.61. The first-order valence-electron chi connectivity index (χ1n) is 5.60. The topological polar surface area (TPSA) is 90.7 Å². The van der Waals surface area contributed by atoms with Crippen LogP contribution in [0.25, 0.3) is 0 Å². The smallest absolute Gasteiger partial charge is 0.307 e. The minimum atomic E-state index is -0.487. The number of nitrogens with one attached hydrogen (secondary N) is 1. The van der Waals surface area contributed by atoms with Gasteiger partial charge in [0.2, 0.25) is 5.91 Å². The van der Waals surface area contributed by atoms with Crippen LogP contribution in [-0.4, -0.2) is 43.8 Å². The number of amides is 1. The molecule has 0 saturated heterocycles. The molecule has 0 heterocycles. The van der Waals surface area contributed by atoms with Gasteiger partial charge in [-0.2, -0.15) is 0 Å². The lowest BCUT2D eigenvalue weighted by atomic mass is 10.2. The Morgan fingerprint density at radius 2 is 1.88 bits per heavy atom. The van der Waals surface area contributed by atoms with Crippen LogP contribution in [0.5, 0.6) is 0 Å².